The van der Waals surface area contributed by atoms with Gasteiger partial charge in [-0.1, -0.05) is 0 Å². The predicted octanol–water partition coefficient (Wildman–Crippen LogP) is 3.70. The molecule has 3 rings (SSSR count). The van der Waals surface area contributed by atoms with E-state index >= 15 is 0 Å². The molecule has 1 heterocycles. The third kappa shape index (κ3) is 5.51. The van der Waals surface area contributed by atoms with E-state index in [1.807, 2.05) is 32.0 Å². The number of nitrogens with one attached hydrogen (secondary N) is 3. The Morgan fingerprint density at radius 1 is 1.14 bits per heavy atom. The van der Waals surface area contributed by atoms with Crippen molar-refractivity contribution in [2.75, 3.05) is 29.6 Å². The zero-order valence-corrected chi connectivity index (χ0v) is 17.3. The molecular formula is C20H27FN6S. The lowest BCUT2D eigenvalue weighted by Gasteiger charge is -2.30. The SMILES string of the molecule is Cc1cc(F)ccc1NC(=S)NC1CCC(Nc2nccc(N(C)C)n2)CC1. The summed E-state index contributed by atoms with van der Waals surface area (Å²) in [6, 6.07) is 7.21. The van der Waals surface area contributed by atoms with Gasteiger partial charge in [0.15, 0.2) is 5.11 Å². The van der Waals surface area contributed by atoms with E-state index in [-0.39, 0.29) is 5.82 Å². The van der Waals surface area contributed by atoms with Gasteiger partial charge in [-0.3, -0.25) is 0 Å². The molecule has 1 fully saturated rings. The topological polar surface area (TPSA) is 65.1 Å². The van der Waals surface area contributed by atoms with E-state index in [9.17, 15) is 4.39 Å². The van der Waals surface area contributed by atoms with Gasteiger partial charge in [-0.05, 0) is 74.7 Å². The number of anilines is 3. The molecule has 1 aromatic carbocycles. The normalized spacial score (nSPS) is 19.0. The second kappa shape index (κ2) is 9.14. The quantitative estimate of drug-likeness (QED) is 0.659. The number of rotatable bonds is 5. The van der Waals surface area contributed by atoms with Gasteiger partial charge in [0.2, 0.25) is 5.95 Å². The maximum Gasteiger partial charge on any atom is 0.224 e. The van der Waals surface area contributed by atoms with Crippen molar-refractivity contribution in [2.24, 2.45) is 0 Å². The molecule has 0 saturated heterocycles. The number of hydrogen-bond donors (Lipinski definition) is 3. The fourth-order valence-corrected chi connectivity index (χ4v) is 3.62. The summed E-state index contributed by atoms with van der Waals surface area (Å²) in [7, 11) is 3.93. The largest absolute Gasteiger partial charge is 0.363 e. The van der Waals surface area contributed by atoms with Crippen LogP contribution in [0.3, 0.4) is 0 Å². The van der Waals surface area contributed by atoms with Gasteiger partial charge < -0.3 is 20.9 Å². The molecule has 3 N–H and O–H groups in total. The smallest absolute Gasteiger partial charge is 0.224 e. The zero-order valence-electron chi connectivity index (χ0n) is 16.5. The maximum absolute atomic E-state index is 13.2. The molecule has 1 aliphatic carbocycles. The highest BCUT2D eigenvalue weighted by molar-refractivity contribution is 7.80. The number of thiocarbonyl (C=S) groups is 1. The summed E-state index contributed by atoms with van der Waals surface area (Å²) in [6.07, 6.45) is 5.83. The van der Waals surface area contributed by atoms with Crippen molar-refractivity contribution in [2.45, 2.75) is 44.7 Å². The summed E-state index contributed by atoms with van der Waals surface area (Å²) in [5, 5.41) is 10.6. The molecule has 0 spiro atoms. The molecule has 0 amide bonds. The Kier molecular flexibility index (Phi) is 6.61. The van der Waals surface area contributed by atoms with Crippen molar-refractivity contribution in [3.8, 4) is 0 Å². The van der Waals surface area contributed by atoms with Crippen molar-refractivity contribution in [3.63, 3.8) is 0 Å². The van der Waals surface area contributed by atoms with Crippen molar-refractivity contribution >= 4 is 34.8 Å². The summed E-state index contributed by atoms with van der Waals surface area (Å²) < 4.78 is 13.2. The van der Waals surface area contributed by atoms with Crippen LogP contribution >= 0.6 is 12.2 Å². The van der Waals surface area contributed by atoms with Crippen molar-refractivity contribution in [1.29, 1.82) is 0 Å². The van der Waals surface area contributed by atoms with Crippen LogP contribution in [0.1, 0.15) is 31.2 Å². The van der Waals surface area contributed by atoms with Crippen LogP contribution in [-0.2, 0) is 0 Å². The first-order chi connectivity index (χ1) is 13.4. The molecule has 8 heteroatoms. The van der Waals surface area contributed by atoms with E-state index in [1.165, 1.54) is 12.1 Å². The van der Waals surface area contributed by atoms with Crippen LogP contribution in [0.2, 0.25) is 0 Å². The molecule has 2 aromatic rings. The lowest BCUT2D eigenvalue weighted by molar-refractivity contribution is 0.387. The maximum atomic E-state index is 13.2. The van der Waals surface area contributed by atoms with E-state index < -0.39 is 0 Å². The minimum absolute atomic E-state index is 0.243. The monoisotopic (exact) mass is 402 g/mol. The fraction of sp³-hybridized carbons (Fsp3) is 0.450. The Morgan fingerprint density at radius 2 is 1.86 bits per heavy atom. The van der Waals surface area contributed by atoms with Crippen LogP contribution < -0.4 is 20.9 Å². The van der Waals surface area contributed by atoms with E-state index in [1.54, 1.807) is 12.3 Å². The Hall–Kier alpha value is -2.48. The molecule has 1 saturated carbocycles. The highest BCUT2D eigenvalue weighted by Crippen LogP contribution is 2.22. The summed E-state index contributed by atoms with van der Waals surface area (Å²) in [5.74, 6) is 1.32. The lowest BCUT2D eigenvalue weighted by Crippen LogP contribution is -2.42. The second-order valence-electron chi connectivity index (χ2n) is 7.38. The summed E-state index contributed by atoms with van der Waals surface area (Å²) >= 11 is 5.43. The molecule has 0 aliphatic heterocycles. The van der Waals surface area contributed by atoms with Gasteiger partial charge in [0, 0.05) is 38.1 Å². The van der Waals surface area contributed by atoms with Crippen LogP contribution in [0.25, 0.3) is 0 Å². The van der Waals surface area contributed by atoms with Gasteiger partial charge >= 0.3 is 0 Å². The van der Waals surface area contributed by atoms with Gasteiger partial charge in [-0.2, -0.15) is 4.98 Å². The van der Waals surface area contributed by atoms with Gasteiger partial charge in [-0.25, -0.2) is 9.37 Å². The first-order valence-corrected chi connectivity index (χ1v) is 9.92. The molecular weight excluding hydrogens is 375 g/mol. The Balaban J connectivity index is 1.46. The molecule has 0 radical (unpaired) electrons. The highest BCUT2D eigenvalue weighted by atomic mass is 32.1. The molecule has 1 aliphatic rings. The van der Waals surface area contributed by atoms with Crippen molar-refractivity contribution in [3.05, 3.63) is 41.8 Å². The zero-order chi connectivity index (χ0) is 20.1. The van der Waals surface area contributed by atoms with Gasteiger partial charge in [0.25, 0.3) is 0 Å². The number of aryl methyl sites for hydroxylation is 1. The first-order valence-electron chi connectivity index (χ1n) is 9.51. The highest BCUT2D eigenvalue weighted by Gasteiger charge is 2.22. The Labute approximate surface area is 171 Å². The first kappa shape index (κ1) is 20.3. The minimum Gasteiger partial charge on any atom is -0.363 e. The third-order valence-electron chi connectivity index (χ3n) is 4.93. The van der Waals surface area contributed by atoms with E-state index in [2.05, 4.69) is 25.9 Å². The molecule has 1 aromatic heterocycles. The molecule has 0 unspecified atom stereocenters. The van der Waals surface area contributed by atoms with Gasteiger partial charge in [0.05, 0.1) is 0 Å². The van der Waals surface area contributed by atoms with Gasteiger partial charge in [0.1, 0.15) is 11.6 Å². The van der Waals surface area contributed by atoms with Crippen LogP contribution in [0.15, 0.2) is 30.5 Å². The Bertz CT molecular complexity index is 820. The summed E-state index contributed by atoms with van der Waals surface area (Å²) in [4.78, 5) is 10.8. The van der Waals surface area contributed by atoms with E-state index in [4.69, 9.17) is 12.2 Å². The predicted molar refractivity (Wildman–Crippen MR) is 117 cm³/mol. The molecule has 0 atom stereocenters. The van der Waals surface area contributed by atoms with E-state index in [0.717, 1.165) is 42.8 Å². The number of aromatic nitrogens is 2. The van der Waals surface area contributed by atoms with E-state index in [0.29, 0.717) is 23.1 Å². The lowest BCUT2D eigenvalue weighted by atomic mass is 9.91. The number of benzene rings is 1. The summed E-state index contributed by atoms with van der Waals surface area (Å²) in [5.41, 5.74) is 1.66. The molecule has 6 nitrogen and oxygen atoms in total. The third-order valence-corrected chi connectivity index (χ3v) is 5.15. The van der Waals surface area contributed by atoms with Crippen molar-refractivity contribution < 1.29 is 4.39 Å². The number of hydrogen-bond acceptors (Lipinski definition) is 5. The molecule has 0 bridgehead atoms. The fourth-order valence-electron chi connectivity index (χ4n) is 3.34. The van der Waals surface area contributed by atoms with Crippen LogP contribution in [0.5, 0.6) is 0 Å². The average molecular weight is 403 g/mol. The summed E-state index contributed by atoms with van der Waals surface area (Å²) in [6.45, 7) is 1.86. The van der Waals surface area contributed by atoms with Gasteiger partial charge in [-0.15, -0.1) is 0 Å². The Morgan fingerprint density at radius 3 is 2.54 bits per heavy atom. The van der Waals surface area contributed by atoms with Crippen molar-refractivity contribution in [1.82, 2.24) is 15.3 Å². The number of nitrogens with zero attached hydrogens (tertiary/aromatic N) is 3. The minimum atomic E-state index is -0.243. The van der Waals surface area contributed by atoms with Crippen LogP contribution in [0, 0.1) is 12.7 Å². The second-order valence-corrected chi connectivity index (χ2v) is 7.79. The molecule has 150 valence electrons. The standard InChI is InChI=1S/C20H27FN6S/c1-13-12-14(21)4-9-17(13)25-20(28)24-16-7-5-15(6-8-16)23-19-22-11-10-18(26-19)27(2)3/h4,9-12,15-16H,5-8H2,1-3H3,(H,22,23,26)(H2,24,25,28). The number of halogens is 1. The molecule has 28 heavy (non-hydrogen) atoms. The average Bonchev–Trinajstić information content (AvgIpc) is 2.66. The van der Waals surface area contributed by atoms with Crippen LogP contribution in [-0.4, -0.2) is 41.3 Å². The van der Waals surface area contributed by atoms with Crippen LogP contribution in [0.4, 0.5) is 21.8 Å².